The molecule has 1 aromatic carbocycles. The molecule has 1 fully saturated rings. The number of nitro benzene ring substituents is 1. The topological polar surface area (TPSA) is 73.6 Å². The van der Waals surface area contributed by atoms with Crippen molar-refractivity contribution in [2.75, 3.05) is 43.3 Å². The van der Waals surface area contributed by atoms with E-state index in [4.69, 9.17) is 9.47 Å². The van der Waals surface area contributed by atoms with Crippen molar-refractivity contribution < 1.29 is 14.4 Å². The van der Waals surface area contributed by atoms with E-state index in [1.165, 1.54) is 26.0 Å². The Morgan fingerprint density at radius 1 is 1.33 bits per heavy atom. The Morgan fingerprint density at radius 2 is 2.05 bits per heavy atom. The first-order valence-corrected chi connectivity index (χ1v) is 8.69. The molecule has 2 rings (SSSR count). The molecular formula is C13H18N2O4S2. The van der Waals surface area contributed by atoms with Crippen LogP contribution in [0.25, 0.3) is 0 Å². The molecule has 1 aliphatic rings. The highest BCUT2D eigenvalue weighted by Crippen LogP contribution is 2.38. The smallest absolute Gasteiger partial charge is 0.296 e. The monoisotopic (exact) mass is 330 g/mol. The number of nitro groups is 1. The van der Waals surface area contributed by atoms with E-state index in [-0.39, 0.29) is 5.69 Å². The summed E-state index contributed by atoms with van der Waals surface area (Å²) in [6, 6.07) is 3.02. The van der Waals surface area contributed by atoms with Crippen LogP contribution in [0.3, 0.4) is 0 Å². The molecule has 0 radical (unpaired) electrons. The first-order chi connectivity index (χ1) is 10.2. The van der Waals surface area contributed by atoms with Crippen molar-refractivity contribution >= 4 is 34.9 Å². The Morgan fingerprint density at radius 3 is 2.62 bits per heavy atom. The van der Waals surface area contributed by atoms with Crippen molar-refractivity contribution in [1.82, 2.24) is 0 Å². The summed E-state index contributed by atoms with van der Waals surface area (Å²) < 4.78 is 10.3. The SMILES string of the molecule is COc1cc(NCC2CSCCS2)c([N+](=O)[O-])cc1OC. The molecule has 1 aromatic rings. The van der Waals surface area contributed by atoms with E-state index in [0.29, 0.717) is 29.0 Å². The minimum Gasteiger partial charge on any atom is -0.493 e. The molecule has 0 saturated carbocycles. The third kappa shape index (κ3) is 4.10. The molecule has 1 N–H and O–H groups in total. The molecule has 0 aromatic heterocycles. The maximum absolute atomic E-state index is 11.2. The maximum atomic E-state index is 11.2. The van der Waals surface area contributed by atoms with E-state index in [2.05, 4.69) is 5.32 Å². The average Bonchev–Trinajstić information content (AvgIpc) is 2.52. The van der Waals surface area contributed by atoms with Crippen LogP contribution in [0.5, 0.6) is 11.5 Å². The van der Waals surface area contributed by atoms with Gasteiger partial charge < -0.3 is 14.8 Å². The van der Waals surface area contributed by atoms with E-state index in [1.54, 1.807) is 6.07 Å². The molecule has 0 spiro atoms. The lowest BCUT2D eigenvalue weighted by molar-refractivity contribution is -0.384. The average molecular weight is 330 g/mol. The van der Waals surface area contributed by atoms with Crippen LogP contribution in [0.1, 0.15) is 0 Å². The molecule has 0 amide bonds. The molecule has 1 atom stereocenters. The first-order valence-electron chi connectivity index (χ1n) is 6.49. The Balaban J connectivity index is 2.17. The van der Waals surface area contributed by atoms with Gasteiger partial charge in [0.2, 0.25) is 0 Å². The van der Waals surface area contributed by atoms with Gasteiger partial charge in [0.25, 0.3) is 5.69 Å². The number of benzene rings is 1. The van der Waals surface area contributed by atoms with E-state index in [9.17, 15) is 10.1 Å². The van der Waals surface area contributed by atoms with Gasteiger partial charge in [-0.3, -0.25) is 10.1 Å². The van der Waals surface area contributed by atoms with Gasteiger partial charge in [0.1, 0.15) is 5.69 Å². The van der Waals surface area contributed by atoms with Crippen molar-refractivity contribution in [1.29, 1.82) is 0 Å². The lowest BCUT2D eigenvalue weighted by Gasteiger charge is -2.21. The van der Waals surface area contributed by atoms with E-state index in [0.717, 1.165) is 11.5 Å². The van der Waals surface area contributed by atoms with Gasteiger partial charge >= 0.3 is 0 Å². The first kappa shape index (κ1) is 16.1. The fourth-order valence-electron chi connectivity index (χ4n) is 2.04. The van der Waals surface area contributed by atoms with Gasteiger partial charge in [-0.15, -0.1) is 0 Å². The van der Waals surface area contributed by atoms with Crippen molar-refractivity contribution in [2.45, 2.75) is 5.25 Å². The zero-order valence-corrected chi connectivity index (χ0v) is 13.6. The van der Waals surface area contributed by atoms with Gasteiger partial charge in [0.15, 0.2) is 11.5 Å². The largest absolute Gasteiger partial charge is 0.493 e. The fraction of sp³-hybridized carbons (Fsp3) is 0.538. The van der Waals surface area contributed by atoms with Crippen molar-refractivity contribution in [3.63, 3.8) is 0 Å². The number of thioether (sulfide) groups is 2. The molecule has 1 unspecified atom stereocenters. The summed E-state index contributed by atoms with van der Waals surface area (Å²) in [6.07, 6.45) is 0. The van der Waals surface area contributed by atoms with Gasteiger partial charge in [-0.25, -0.2) is 0 Å². The number of nitrogens with zero attached hydrogens (tertiary/aromatic N) is 1. The molecule has 1 heterocycles. The summed E-state index contributed by atoms with van der Waals surface area (Å²) in [6.45, 7) is 0.702. The predicted octanol–water partition coefficient (Wildman–Crippen LogP) is 2.87. The van der Waals surface area contributed by atoms with Crippen molar-refractivity contribution in [2.24, 2.45) is 0 Å². The lowest BCUT2D eigenvalue weighted by atomic mass is 10.2. The van der Waals surface area contributed by atoms with Crippen LogP contribution in [0.15, 0.2) is 12.1 Å². The van der Waals surface area contributed by atoms with Crippen LogP contribution in [0.4, 0.5) is 11.4 Å². The van der Waals surface area contributed by atoms with Crippen LogP contribution >= 0.6 is 23.5 Å². The molecule has 1 aliphatic heterocycles. The highest BCUT2D eigenvalue weighted by Gasteiger charge is 2.21. The Kier molecular flexibility index (Phi) is 5.86. The van der Waals surface area contributed by atoms with E-state index >= 15 is 0 Å². The van der Waals surface area contributed by atoms with Crippen LogP contribution in [-0.2, 0) is 0 Å². The van der Waals surface area contributed by atoms with Gasteiger partial charge in [0, 0.05) is 35.1 Å². The molecular weight excluding hydrogens is 312 g/mol. The quantitative estimate of drug-likeness (QED) is 0.635. The van der Waals surface area contributed by atoms with Crippen LogP contribution in [0, 0.1) is 10.1 Å². The fourth-order valence-corrected chi connectivity index (χ4v) is 4.65. The van der Waals surface area contributed by atoms with Crippen LogP contribution in [0.2, 0.25) is 0 Å². The molecule has 116 valence electrons. The summed E-state index contributed by atoms with van der Waals surface area (Å²) in [5.41, 5.74) is 0.468. The summed E-state index contributed by atoms with van der Waals surface area (Å²) in [7, 11) is 2.98. The van der Waals surface area contributed by atoms with Crippen molar-refractivity contribution in [3.05, 3.63) is 22.2 Å². The zero-order chi connectivity index (χ0) is 15.2. The summed E-state index contributed by atoms with van der Waals surface area (Å²) >= 11 is 3.83. The Labute approximate surface area is 132 Å². The van der Waals surface area contributed by atoms with E-state index in [1.807, 2.05) is 23.5 Å². The van der Waals surface area contributed by atoms with Gasteiger partial charge in [0.05, 0.1) is 25.2 Å². The highest BCUT2D eigenvalue weighted by atomic mass is 32.2. The minimum absolute atomic E-state index is 0.00103. The van der Waals surface area contributed by atoms with Crippen LogP contribution < -0.4 is 14.8 Å². The number of hydrogen-bond donors (Lipinski definition) is 1. The summed E-state index contributed by atoms with van der Waals surface area (Å²) in [5.74, 6) is 4.22. The summed E-state index contributed by atoms with van der Waals surface area (Å²) in [4.78, 5) is 10.8. The minimum atomic E-state index is -0.410. The number of anilines is 1. The number of methoxy groups -OCH3 is 2. The van der Waals surface area contributed by atoms with Gasteiger partial charge in [-0.05, 0) is 0 Å². The second-order valence-corrected chi connectivity index (χ2v) is 6.99. The number of nitrogens with one attached hydrogen (secondary N) is 1. The van der Waals surface area contributed by atoms with Crippen molar-refractivity contribution in [3.8, 4) is 11.5 Å². The number of hydrogen-bond acceptors (Lipinski definition) is 7. The third-order valence-electron chi connectivity index (χ3n) is 3.10. The van der Waals surface area contributed by atoms with Gasteiger partial charge in [-0.2, -0.15) is 23.5 Å². The second-order valence-electron chi connectivity index (χ2n) is 4.43. The molecule has 21 heavy (non-hydrogen) atoms. The number of ether oxygens (including phenoxy) is 2. The standard InChI is InChI=1S/C13H18N2O4S2/c1-18-12-5-10(11(15(16)17)6-13(12)19-2)14-7-9-8-20-3-4-21-9/h5-6,9,14H,3-4,7-8H2,1-2H3. The Hall–Kier alpha value is -1.28. The molecule has 0 aliphatic carbocycles. The zero-order valence-electron chi connectivity index (χ0n) is 12.0. The molecule has 8 heteroatoms. The highest BCUT2D eigenvalue weighted by molar-refractivity contribution is 8.06. The normalized spacial score (nSPS) is 18.1. The Bertz CT molecular complexity index is 507. The van der Waals surface area contributed by atoms with Gasteiger partial charge in [-0.1, -0.05) is 0 Å². The maximum Gasteiger partial charge on any atom is 0.296 e. The van der Waals surface area contributed by atoms with E-state index < -0.39 is 4.92 Å². The lowest BCUT2D eigenvalue weighted by Crippen LogP contribution is -2.23. The van der Waals surface area contributed by atoms with Crippen LogP contribution in [-0.4, -0.2) is 48.2 Å². The summed E-state index contributed by atoms with van der Waals surface area (Å²) in [5, 5.41) is 14.8. The molecule has 6 nitrogen and oxygen atoms in total. The molecule has 0 bridgehead atoms. The second kappa shape index (κ2) is 7.65. The third-order valence-corrected chi connectivity index (χ3v) is 5.95. The predicted molar refractivity (Wildman–Crippen MR) is 88.3 cm³/mol. The molecule has 1 saturated heterocycles. The number of rotatable bonds is 6.